The lowest BCUT2D eigenvalue weighted by Crippen LogP contribution is -2.19. The third-order valence-electron chi connectivity index (χ3n) is 3.85. The molecule has 0 bridgehead atoms. The molecule has 25 heavy (non-hydrogen) atoms. The molecule has 6 heteroatoms. The zero-order chi connectivity index (χ0) is 18.0. The molecule has 1 heterocycles. The highest BCUT2D eigenvalue weighted by atomic mass is 35.5. The summed E-state index contributed by atoms with van der Waals surface area (Å²) in [6.45, 7) is 4.09. The van der Waals surface area contributed by atoms with Gasteiger partial charge in [0.15, 0.2) is 5.17 Å². The number of hydrogen-bond acceptors (Lipinski definition) is 4. The van der Waals surface area contributed by atoms with Gasteiger partial charge in [0.1, 0.15) is 5.75 Å². The highest BCUT2D eigenvalue weighted by molar-refractivity contribution is 8.18. The molecular weight excluding hydrogens is 356 g/mol. The Labute approximate surface area is 155 Å². The van der Waals surface area contributed by atoms with Gasteiger partial charge in [-0.05, 0) is 72.6 Å². The summed E-state index contributed by atoms with van der Waals surface area (Å²) in [5, 5.41) is 3.86. The summed E-state index contributed by atoms with van der Waals surface area (Å²) < 4.78 is 5.14. The molecule has 0 unspecified atom stereocenters. The predicted molar refractivity (Wildman–Crippen MR) is 105 cm³/mol. The van der Waals surface area contributed by atoms with Gasteiger partial charge in [0.25, 0.3) is 5.91 Å². The Kier molecular flexibility index (Phi) is 5.16. The molecule has 1 aliphatic heterocycles. The van der Waals surface area contributed by atoms with Gasteiger partial charge < -0.3 is 10.1 Å². The quantitative estimate of drug-likeness (QED) is 0.783. The number of ether oxygens (including phenoxy) is 1. The molecule has 0 spiro atoms. The molecule has 2 aromatic carbocycles. The molecule has 128 valence electrons. The summed E-state index contributed by atoms with van der Waals surface area (Å²) in [6.07, 6.45) is 1.79. The molecule has 1 fully saturated rings. The Morgan fingerprint density at radius 2 is 1.96 bits per heavy atom. The van der Waals surface area contributed by atoms with Crippen molar-refractivity contribution in [3.8, 4) is 5.75 Å². The number of nitrogens with one attached hydrogen (secondary N) is 1. The maximum absolute atomic E-state index is 12.2. The van der Waals surface area contributed by atoms with Crippen molar-refractivity contribution in [1.29, 1.82) is 0 Å². The second-order valence-electron chi connectivity index (χ2n) is 5.64. The SMILES string of the molecule is COc1ccc(C=C2SC(=Nc3ccc(C)c(C)c3)NC2=O)cc1Cl. The highest BCUT2D eigenvalue weighted by Crippen LogP contribution is 2.31. The van der Waals surface area contributed by atoms with Crippen LogP contribution in [0.15, 0.2) is 46.3 Å². The first-order valence-corrected chi connectivity index (χ1v) is 8.86. The average molecular weight is 373 g/mol. The monoisotopic (exact) mass is 372 g/mol. The highest BCUT2D eigenvalue weighted by Gasteiger charge is 2.23. The van der Waals surface area contributed by atoms with E-state index in [1.807, 2.05) is 31.2 Å². The van der Waals surface area contributed by atoms with Crippen LogP contribution in [0.25, 0.3) is 6.08 Å². The summed E-state index contributed by atoms with van der Waals surface area (Å²) in [4.78, 5) is 17.3. The van der Waals surface area contributed by atoms with E-state index in [-0.39, 0.29) is 5.91 Å². The smallest absolute Gasteiger partial charge is 0.264 e. The normalized spacial score (nSPS) is 17.2. The minimum absolute atomic E-state index is 0.167. The molecular formula is C19H17ClN2O2S. The summed E-state index contributed by atoms with van der Waals surface area (Å²) in [5.74, 6) is 0.434. The molecule has 1 saturated heterocycles. The number of carbonyl (C=O) groups excluding carboxylic acids is 1. The number of aryl methyl sites for hydroxylation is 2. The number of rotatable bonds is 3. The first kappa shape index (κ1) is 17.6. The van der Waals surface area contributed by atoms with E-state index in [9.17, 15) is 4.79 Å². The molecule has 2 aromatic rings. The van der Waals surface area contributed by atoms with Crippen molar-refractivity contribution in [2.75, 3.05) is 7.11 Å². The van der Waals surface area contributed by atoms with Gasteiger partial charge in [0.05, 0.1) is 22.7 Å². The second-order valence-corrected chi connectivity index (χ2v) is 7.08. The fourth-order valence-electron chi connectivity index (χ4n) is 2.32. The van der Waals surface area contributed by atoms with E-state index in [1.54, 1.807) is 25.3 Å². The molecule has 3 rings (SSSR count). The van der Waals surface area contributed by atoms with Gasteiger partial charge in [-0.15, -0.1) is 0 Å². The van der Waals surface area contributed by atoms with Crippen molar-refractivity contribution in [1.82, 2.24) is 5.32 Å². The van der Waals surface area contributed by atoms with E-state index >= 15 is 0 Å². The van der Waals surface area contributed by atoms with Crippen LogP contribution in [0.1, 0.15) is 16.7 Å². The van der Waals surface area contributed by atoms with Gasteiger partial charge in [0, 0.05) is 0 Å². The summed E-state index contributed by atoms with van der Waals surface area (Å²) in [7, 11) is 1.56. The van der Waals surface area contributed by atoms with Crippen LogP contribution in [-0.2, 0) is 4.79 Å². The van der Waals surface area contributed by atoms with Gasteiger partial charge in [0.2, 0.25) is 0 Å². The van der Waals surface area contributed by atoms with Crippen molar-refractivity contribution >= 4 is 46.2 Å². The van der Waals surface area contributed by atoms with E-state index in [1.165, 1.54) is 22.9 Å². The number of nitrogens with zero attached hydrogens (tertiary/aromatic N) is 1. The maximum Gasteiger partial charge on any atom is 0.264 e. The van der Waals surface area contributed by atoms with Crippen LogP contribution >= 0.6 is 23.4 Å². The minimum atomic E-state index is -0.167. The number of methoxy groups -OCH3 is 1. The third kappa shape index (κ3) is 4.06. The van der Waals surface area contributed by atoms with Crippen LogP contribution < -0.4 is 10.1 Å². The lowest BCUT2D eigenvalue weighted by molar-refractivity contribution is -0.115. The van der Waals surface area contributed by atoms with E-state index in [2.05, 4.69) is 17.2 Å². The van der Waals surface area contributed by atoms with E-state index in [4.69, 9.17) is 16.3 Å². The molecule has 0 aromatic heterocycles. The lowest BCUT2D eigenvalue weighted by Gasteiger charge is -2.03. The standard InChI is InChI=1S/C19H17ClN2O2S/c1-11-4-6-14(8-12(11)2)21-19-22-18(23)17(25-19)10-13-5-7-16(24-3)15(20)9-13/h4-10H,1-3H3,(H,21,22,23). The Morgan fingerprint density at radius 3 is 2.64 bits per heavy atom. The second kappa shape index (κ2) is 7.33. The Bertz CT molecular complexity index is 906. The van der Waals surface area contributed by atoms with E-state index in [0.717, 1.165) is 11.3 Å². The Hall–Kier alpha value is -2.24. The van der Waals surface area contributed by atoms with Crippen molar-refractivity contribution in [3.63, 3.8) is 0 Å². The van der Waals surface area contributed by atoms with Crippen LogP contribution in [0.2, 0.25) is 5.02 Å². The molecule has 1 aliphatic rings. The van der Waals surface area contributed by atoms with Crippen molar-refractivity contribution in [2.45, 2.75) is 13.8 Å². The van der Waals surface area contributed by atoms with E-state index < -0.39 is 0 Å². The van der Waals surface area contributed by atoms with Crippen molar-refractivity contribution in [2.24, 2.45) is 4.99 Å². The maximum atomic E-state index is 12.2. The molecule has 4 nitrogen and oxygen atoms in total. The zero-order valence-electron chi connectivity index (χ0n) is 14.1. The van der Waals surface area contributed by atoms with Crippen molar-refractivity contribution in [3.05, 3.63) is 63.0 Å². The number of aliphatic imine (C=N–C) groups is 1. The van der Waals surface area contributed by atoms with E-state index in [0.29, 0.717) is 20.8 Å². The number of halogens is 1. The molecule has 0 radical (unpaired) electrons. The number of amidine groups is 1. The van der Waals surface area contributed by atoms with Crippen LogP contribution in [-0.4, -0.2) is 18.2 Å². The summed E-state index contributed by atoms with van der Waals surface area (Å²) >= 11 is 7.44. The molecule has 0 aliphatic carbocycles. The summed E-state index contributed by atoms with van der Waals surface area (Å²) in [6, 6.07) is 11.3. The Balaban J connectivity index is 1.83. The van der Waals surface area contributed by atoms with Crippen LogP contribution in [0.3, 0.4) is 0 Å². The van der Waals surface area contributed by atoms with Gasteiger partial charge in [-0.1, -0.05) is 23.7 Å². The largest absolute Gasteiger partial charge is 0.495 e. The van der Waals surface area contributed by atoms with Gasteiger partial charge in [-0.2, -0.15) is 0 Å². The molecule has 0 atom stereocenters. The number of thioether (sulfide) groups is 1. The molecule has 1 N–H and O–H groups in total. The zero-order valence-corrected chi connectivity index (χ0v) is 15.7. The number of carbonyl (C=O) groups is 1. The fraction of sp³-hybridized carbons (Fsp3) is 0.158. The third-order valence-corrected chi connectivity index (χ3v) is 5.05. The van der Waals surface area contributed by atoms with Gasteiger partial charge in [-0.3, -0.25) is 4.79 Å². The lowest BCUT2D eigenvalue weighted by atomic mass is 10.1. The predicted octanol–water partition coefficient (Wildman–Crippen LogP) is 4.86. The first-order chi connectivity index (χ1) is 12.0. The van der Waals surface area contributed by atoms with Crippen LogP contribution in [0.4, 0.5) is 5.69 Å². The van der Waals surface area contributed by atoms with Crippen molar-refractivity contribution < 1.29 is 9.53 Å². The number of hydrogen-bond donors (Lipinski definition) is 1. The number of amides is 1. The topological polar surface area (TPSA) is 50.7 Å². The summed E-state index contributed by atoms with van der Waals surface area (Å²) in [5.41, 5.74) is 4.03. The first-order valence-electron chi connectivity index (χ1n) is 7.66. The minimum Gasteiger partial charge on any atom is -0.495 e. The molecule has 1 amide bonds. The molecule has 0 saturated carbocycles. The fourth-order valence-corrected chi connectivity index (χ4v) is 3.42. The average Bonchev–Trinajstić information content (AvgIpc) is 2.90. The van der Waals surface area contributed by atoms with Crippen LogP contribution in [0, 0.1) is 13.8 Å². The van der Waals surface area contributed by atoms with Crippen LogP contribution in [0.5, 0.6) is 5.75 Å². The van der Waals surface area contributed by atoms with Gasteiger partial charge >= 0.3 is 0 Å². The van der Waals surface area contributed by atoms with Gasteiger partial charge in [-0.25, -0.2) is 4.99 Å². The number of benzene rings is 2. The Morgan fingerprint density at radius 1 is 1.16 bits per heavy atom.